The number of thiazole rings is 1. The topological polar surface area (TPSA) is 69.7 Å². The molecule has 0 aliphatic rings. The highest BCUT2D eigenvalue weighted by molar-refractivity contribution is 7.14. The van der Waals surface area contributed by atoms with E-state index in [1.807, 2.05) is 0 Å². The second kappa shape index (κ2) is 7.65. The quantitative estimate of drug-likeness (QED) is 0.583. The van der Waals surface area contributed by atoms with Crippen LogP contribution in [0.25, 0.3) is 0 Å². The van der Waals surface area contributed by atoms with E-state index in [4.69, 9.17) is 14.2 Å². The summed E-state index contributed by atoms with van der Waals surface area (Å²) in [5, 5.41) is 5.19. The van der Waals surface area contributed by atoms with E-state index in [9.17, 15) is 4.79 Å². The Morgan fingerprint density at radius 3 is 2.33 bits per heavy atom. The molecule has 1 heterocycles. The number of benzene rings is 1. The van der Waals surface area contributed by atoms with Crippen LogP contribution in [0.5, 0.6) is 17.2 Å². The van der Waals surface area contributed by atoms with Crippen LogP contribution in [0.3, 0.4) is 0 Å². The van der Waals surface area contributed by atoms with E-state index in [0.717, 1.165) is 0 Å². The number of carbonyl (C=O) groups excluding carboxylic acids is 1. The molecular formula is C17H18N2O4S. The molecule has 0 unspecified atom stereocenters. The molecule has 0 fully saturated rings. The molecule has 126 valence electrons. The molecule has 2 rings (SSSR count). The van der Waals surface area contributed by atoms with Gasteiger partial charge >= 0.3 is 0 Å². The van der Waals surface area contributed by atoms with E-state index in [1.165, 1.54) is 32.7 Å². The highest BCUT2D eigenvalue weighted by Gasteiger charge is 2.19. The summed E-state index contributed by atoms with van der Waals surface area (Å²) in [5.41, 5.74) is 1.31. The Balaban J connectivity index is 2.36. The van der Waals surface area contributed by atoms with Crippen LogP contribution in [0.2, 0.25) is 0 Å². The SMILES string of the molecule is C=CC(=C)Nc1nc(C(=O)c2cc(OC)c(OC)c(OC)c2)cs1. The molecule has 0 radical (unpaired) electrons. The number of aromatic nitrogens is 1. The van der Waals surface area contributed by atoms with Crippen molar-refractivity contribution in [3.8, 4) is 17.2 Å². The summed E-state index contributed by atoms with van der Waals surface area (Å²) in [5.74, 6) is 1.00. The number of rotatable bonds is 8. The number of nitrogens with zero attached hydrogens (tertiary/aromatic N) is 1. The fourth-order valence-corrected chi connectivity index (χ4v) is 2.71. The second-order valence-corrected chi connectivity index (χ2v) is 5.49. The Bertz CT molecular complexity index is 758. The van der Waals surface area contributed by atoms with E-state index in [0.29, 0.717) is 39.3 Å². The van der Waals surface area contributed by atoms with Crippen molar-refractivity contribution < 1.29 is 19.0 Å². The lowest BCUT2D eigenvalue weighted by Gasteiger charge is -2.13. The number of anilines is 1. The zero-order valence-corrected chi connectivity index (χ0v) is 14.5. The van der Waals surface area contributed by atoms with Crippen LogP contribution in [0.4, 0.5) is 5.13 Å². The molecule has 0 amide bonds. The van der Waals surface area contributed by atoms with Crippen molar-refractivity contribution in [2.45, 2.75) is 0 Å². The van der Waals surface area contributed by atoms with Crippen LogP contribution in [-0.2, 0) is 0 Å². The molecule has 6 nitrogen and oxygen atoms in total. The van der Waals surface area contributed by atoms with Crippen LogP contribution >= 0.6 is 11.3 Å². The maximum absolute atomic E-state index is 12.7. The van der Waals surface area contributed by atoms with Gasteiger partial charge in [-0.1, -0.05) is 13.2 Å². The zero-order chi connectivity index (χ0) is 17.7. The molecule has 0 aliphatic heterocycles. The molecule has 0 saturated heterocycles. The smallest absolute Gasteiger partial charge is 0.212 e. The number of hydrogen-bond acceptors (Lipinski definition) is 7. The van der Waals surface area contributed by atoms with Gasteiger partial charge < -0.3 is 19.5 Å². The lowest BCUT2D eigenvalue weighted by molar-refractivity contribution is 0.103. The Kier molecular flexibility index (Phi) is 5.59. The van der Waals surface area contributed by atoms with Crippen molar-refractivity contribution in [1.82, 2.24) is 4.98 Å². The van der Waals surface area contributed by atoms with Crippen LogP contribution in [-0.4, -0.2) is 32.1 Å². The average Bonchev–Trinajstić information content (AvgIpc) is 3.07. The lowest BCUT2D eigenvalue weighted by Crippen LogP contribution is -2.05. The summed E-state index contributed by atoms with van der Waals surface area (Å²) in [6, 6.07) is 3.19. The molecule has 0 spiro atoms. The molecule has 0 bridgehead atoms. The molecular weight excluding hydrogens is 328 g/mol. The molecule has 24 heavy (non-hydrogen) atoms. The summed E-state index contributed by atoms with van der Waals surface area (Å²) in [4.78, 5) is 16.9. The first-order valence-electron chi connectivity index (χ1n) is 6.92. The van der Waals surface area contributed by atoms with Crippen molar-refractivity contribution in [2.24, 2.45) is 0 Å². The van der Waals surface area contributed by atoms with Gasteiger partial charge in [0, 0.05) is 16.6 Å². The van der Waals surface area contributed by atoms with Crippen LogP contribution in [0, 0.1) is 0 Å². The molecule has 7 heteroatoms. The first-order valence-corrected chi connectivity index (χ1v) is 7.80. The molecule has 0 aliphatic carbocycles. The van der Waals surface area contributed by atoms with Crippen LogP contribution < -0.4 is 19.5 Å². The number of hydrogen-bond donors (Lipinski definition) is 1. The predicted molar refractivity (Wildman–Crippen MR) is 94.6 cm³/mol. The molecule has 1 aromatic heterocycles. The molecule has 0 saturated carbocycles. The second-order valence-electron chi connectivity index (χ2n) is 4.64. The van der Waals surface area contributed by atoms with Crippen molar-refractivity contribution in [3.63, 3.8) is 0 Å². The first kappa shape index (κ1) is 17.6. The molecule has 2 aromatic rings. The predicted octanol–water partition coefficient (Wildman–Crippen LogP) is 3.51. The standard InChI is InChI=1S/C17H18N2O4S/c1-6-10(2)18-17-19-12(9-24-17)15(20)11-7-13(21-3)16(23-5)14(8-11)22-4/h6-9H,1-2H2,3-5H3,(H,18,19). The van der Waals surface area contributed by atoms with Crippen molar-refractivity contribution >= 4 is 22.3 Å². The summed E-state index contributed by atoms with van der Waals surface area (Å²) in [6.45, 7) is 7.36. The van der Waals surface area contributed by atoms with Gasteiger partial charge in [0.25, 0.3) is 0 Å². The highest BCUT2D eigenvalue weighted by Crippen LogP contribution is 2.38. The van der Waals surface area contributed by atoms with Crippen molar-refractivity contribution in [2.75, 3.05) is 26.6 Å². The van der Waals surface area contributed by atoms with Gasteiger partial charge in [0.2, 0.25) is 11.5 Å². The van der Waals surface area contributed by atoms with Gasteiger partial charge in [-0.25, -0.2) is 4.98 Å². The van der Waals surface area contributed by atoms with Gasteiger partial charge in [-0.3, -0.25) is 4.79 Å². The van der Waals surface area contributed by atoms with Gasteiger partial charge in [-0.05, 0) is 18.2 Å². The van der Waals surface area contributed by atoms with Crippen molar-refractivity contribution in [1.29, 1.82) is 0 Å². The monoisotopic (exact) mass is 346 g/mol. The Morgan fingerprint density at radius 2 is 1.83 bits per heavy atom. The minimum absolute atomic E-state index is 0.247. The number of ketones is 1. The van der Waals surface area contributed by atoms with Gasteiger partial charge in [0.05, 0.1) is 21.3 Å². The summed E-state index contributed by atoms with van der Waals surface area (Å²) >= 11 is 1.30. The number of methoxy groups -OCH3 is 3. The third kappa shape index (κ3) is 3.57. The minimum Gasteiger partial charge on any atom is -0.493 e. The Hall–Kier alpha value is -2.80. The zero-order valence-electron chi connectivity index (χ0n) is 13.7. The maximum atomic E-state index is 12.7. The fourth-order valence-electron chi connectivity index (χ4n) is 1.98. The Morgan fingerprint density at radius 1 is 1.21 bits per heavy atom. The Labute approximate surface area is 144 Å². The van der Waals surface area contributed by atoms with E-state index in [-0.39, 0.29) is 5.78 Å². The van der Waals surface area contributed by atoms with Gasteiger partial charge in [-0.15, -0.1) is 11.3 Å². The third-order valence-electron chi connectivity index (χ3n) is 3.18. The molecule has 1 N–H and O–H groups in total. The number of ether oxygens (including phenoxy) is 3. The van der Waals surface area contributed by atoms with Gasteiger partial charge in [0.1, 0.15) is 5.69 Å². The van der Waals surface area contributed by atoms with E-state index >= 15 is 0 Å². The van der Waals surface area contributed by atoms with E-state index in [2.05, 4.69) is 23.5 Å². The van der Waals surface area contributed by atoms with Crippen molar-refractivity contribution in [3.05, 3.63) is 53.7 Å². The highest BCUT2D eigenvalue weighted by atomic mass is 32.1. The molecule has 0 atom stereocenters. The normalized spacial score (nSPS) is 9.96. The third-order valence-corrected chi connectivity index (χ3v) is 3.94. The van der Waals surface area contributed by atoms with Gasteiger partial charge in [0.15, 0.2) is 16.6 Å². The van der Waals surface area contributed by atoms with Gasteiger partial charge in [-0.2, -0.15) is 0 Å². The summed E-state index contributed by atoms with van der Waals surface area (Å²) < 4.78 is 15.8. The number of allylic oxidation sites excluding steroid dienone is 1. The fraction of sp³-hybridized carbons (Fsp3) is 0.176. The average molecular weight is 346 g/mol. The largest absolute Gasteiger partial charge is 0.493 e. The summed E-state index contributed by atoms with van der Waals surface area (Å²) in [7, 11) is 4.50. The number of nitrogens with one attached hydrogen (secondary N) is 1. The molecule has 1 aromatic carbocycles. The summed E-state index contributed by atoms with van der Waals surface area (Å²) in [6.07, 6.45) is 1.57. The maximum Gasteiger partial charge on any atom is 0.212 e. The van der Waals surface area contributed by atoms with Crippen LogP contribution in [0.15, 0.2) is 42.4 Å². The van der Waals surface area contributed by atoms with Crippen LogP contribution in [0.1, 0.15) is 16.1 Å². The van der Waals surface area contributed by atoms with E-state index < -0.39 is 0 Å². The lowest BCUT2D eigenvalue weighted by atomic mass is 10.1. The van der Waals surface area contributed by atoms with E-state index in [1.54, 1.807) is 23.6 Å². The minimum atomic E-state index is -0.247. The number of carbonyl (C=O) groups is 1. The first-order chi connectivity index (χ1) is 11.5.